The molecule has 5 nitrogen and oxygen atoms in total. The van der Waals surface area contributed by atoms with Crippen LogP contribution in [0.4, 0.5) is 0 Å². The summed E-state index contributed by atoms with van der Waals surface area (Å²) < 4.78 is 0. The quantitative estimate of drug-likeness (QED) is 0.796. The SMILES string of the molecule is O=C1CCCN1CC(=Cc1cccnc1)NOCc1ccccc1. The number of carbonyl (C=O) groups is 1. The van der Waals surface area contributed by atoms with E-state index in [1.807, 2.05) is 53.4 Å². The summed E-state index contributed by atoms with van der Waals surface area (Å²) in [4.78, 5) is 23.5. The first kappa shape index (κ1) is 16.2. The maximum atomic E-state index is 11.9. The van der Waals surface area contributed by atoms with Crippen molar-refractivity contribution in [3.63, 3.8) is 0 Å². The lowest BCUT2D eigenvalue weighted by Crippen LogP contribution is -2.31. The largest absolute Gasteiger partial charge is 0.337 e. The van der Waals surface area contributed by atoms with Gasteiger partial charge < -0.3 is 4.90 Å². The van der Waals surface area contributed by atoms with Gasteiger partial charge in [-0.1, -0.05) is 36.4 Å². The third kappa shape index (κ3) is 4.67. The summed E-state index contributed by atoms with van der Waals surface area (Å²) in [6.07, 6.45) is 7.03. The van der Waals surface area contributed by atoms with E-state index in [9.17, 15) is 4.79 Å². The highest BCUT2D eigenvalue weighted by molar-refractivity contribution is 5.78. The number of benzene rings is 1. The van der Waals surface area contributed by atoms with Crippen LogP contribution in [-0.4, -0.2) is 28.9 Å². The van der Waals surface area contributed by atoms with Gasteiger partial charge in [0.25, 0.3) is 0 Å². The van der Waals surface area contributed by atoms with Gasteiger partial charge in [0.05, 0.1) is 18.8 Å². The number of carbonyl (C=O) groups excluding carboxylic acids is 1. The summed E-state index contributed by atoms with van der Waals surface area (Å²) >= 11 is 0. The Labute approximate surface area is 141 Å². The molecule has 1 saturated heterocycles. The van der Waals surface area contributed by atoms with E-state index in [0.29, 0.717) is 19.6 Å². The number of rotatable bonds is 7. The summed E-state index contributed by atoms with van der Waals surface area (Å²) in [6, 6.07) is 13.8. The minimum atomic E-state index is 0.192. The van der Waals surface area contributed by atoms with E-state index >= 15 is 0 Å². The van der Waals surface area contributed by atoms with E-state index in [-0.39, 0.29) is 5.91 Å². The van der Waals surface area contributed by atoms with E-state index in [1.54, 1.807) is 12.4 Å². The van der Waals surface area contributed by atoms with Gasteiger partial charge in [0.2, 0.25) is 5.91 Å². The molecule has 0 bridgehead atoms. The first-order chi connectivity index (χ1) is 11.8. The molecule has 0 saturated carbocycles. The zero-order valence-electron chi connectivity index (χ0n) is 13.5. The van der Waals surface area contributed by atoms with Crippen LogP contribution < -0.4 is 5.48 Å². The van der Waals surface area contributed by atoms with Crippen molar-refractivity contribution in [1.82, 2.24) is 15.4 Å². The molecular weight excluding hydrogens is 302 g/mol. The average Bonchev–Trinajstić information content (AvgIpc) is 3.01. The highest BCUT2D eigenvalue weighted by Crippen LogP contribution is 2.13. The van der Waals surface area contributed by atoms with Crippen LogP contribution in [0.1, 0.15) is 24.0 Å². The molecular formula is C19H21N3O2. The van der Waals surface area contributed by atoms with E-state index in [0.717, 1.165) is 29.8 Å². The number of hydrogen-bond donors (Lipinski definition) is 1. The molecule has 1 N–H and O–H groups in total. The number of aromatic nitrogens is 1. The van der Waals surface area contributed by atoms with E-state index in [2.05, 4.69) is 10.5 Å². The Kier molecular flexibility index (Phi) is 5.58. The number of likely N-dealkylation sites (tertiary alicyclic amines) is 1. The van der Waals surface area contributed by atoms with Gasteiger partial charge in [-0.3, -0.25) is 20.1 Å². The number of pyridine rings is 1. The molecule has 1 amide bonds. The number of nitrogens with zero attached hydrogens (tertiary/aromatic N) is 2. The normalized spacial score (nSPS) is 14.9. The summed E-state index contributed by atoms with van der Waals surface area (Å²) in [6.45, 7) is 1.77. The second-order valence-electron chi connectivity index (χ2n) is 5.75. The number of hydroxylamine groups is 1. The van der Waals surface area contributed by atoms with Gasteiger partial charge in [0.1, 0.15) is 0 Å². The molecule has 3 rings (SSSR count). The Morgan fingerprint density at radius 3 is 2.83 bits per heavy atom. The third-order valence-corrected chi connectivity index (χ3v) is 3.84. The van der Waals surface area contributed by atoms with E-state index in [4.69, 9.17) is 4.84 Å². The number of hydrogen-bond acceptors (Lipinski definition) is 4. The molecule has 124 valence electrons. The molecule has 0 aliphatic carbocycles. The van der Waals surface area contributed by atoms with Gasteiger partial charge in [0, 0.05) is 25.4 Å². The lowest BCUT2D eigenvalue weighted by atomic mass is 10.2. The number of nitrogens with one attached hydrogen (secondary N) is 1. The smallest absolute Gasteiger partial charge is 0.222 e. The van der Waals surface area contributed by atoms with Gasteiger partial charge in [-0.05, 0) is 29.7 Å². The van der Waals surface area contributed by atoms with Crippen molar-refractivity contribution >= 4 is 12.0 Å². The topological polar surface area (TPSA) is 54.5 Å². The molecule has 1 aromatic heterocycles. The van der Waals surface area contributed by atoms with Crippen LogP contribution in [-0.2, 0) is 16.2 Å². The van der Waals surface area contributed by atoms with Crippen molar-refractivity contribution in [1.29, 1.82) is 0 Å². The van der Waals surface area contributed by atoms with Crippen molar-refractivity contribution < 1.29 is 9.63 Å². The van der Waals surface area contributed by atoms with Crippen LogP contribution in [0.3, 0.4) is 0 Å². The molecule has 1 fully saturated rings. The molecule has 1 aliphatic rings. The molecule has 2 heterocycles. The Balaban J connectivity index is 1.65. The molecule has 0 atom stereocenters. The van der Waals surface area contributed by atoms with Crippen LogP contribution in [0.15, 0.2) is 60.6 Å². The fourth-order valence-corrected chi connectivity index (χ4v) is 2.63. The molecule has 1 aromatic carbocycles. The van der Waals surface area contributed by atoms with E-state index in [1.165, 1.54) is 0 Å². The van der Waals surface area contributed by atoms with Crippen molar-refractivity contribution in [2.75, 3.05) is 13.1 Å². The summed E-state index contributed by atoms with van der Waals surface area (Å²) in [5.41, 5.74) is 5.90. The summed E-state index contributed by atoms with van der Waals surface area (Å²) in [7, 11) is 0. The fraction of sp³-hybridized carbons (Fsp3) is 0.263. The van der Waals surface area contributed by atoms with Crippen LogP contribution >= 0.6 is 0 Å². The molecule has 0 radical (unpaired) electrons. The first-order valence-electron chi connectivity index (χ1n) is 8.11. The second-order valence-corrected chi connectivity index (χ2v) is 5.75. The van der Waals surface area contributed by atoms with Crippen molar-refractivity contribution in [2.45, 2.75) is 19.4 Å². The lowest BCUT2D eigenvalue weighted by Gasteiger charge is -2.19. The molecule has 0 unspecified atom stereocenters. The molecule has 24 heavy (non-hydrogen) atoms. The van der Waals surface area contributed by atoms with Crippen LogP contribution in [0.5, 0.6) is 0 Å². The monoisotopic (exact) mass is 323 g/mol. The summed E-state index contributed by atoms with van der Waals surface area (Å²) in [5, 5.41) is 0. The van der Waals surface area contributed by atoms with Gasteiger partial charge in [0.15, 0.2) is 0 Å². The molecule has 5 heteroatoms. The van der Waals surface area contributed by atoms with Crippen molar-refractivity contribution in [2.24, 2.45) is 0 Å². The standard InChI is InChI=1S/C19H21N3O2/c23-19-9-5-11-22(19)14-18(12-17-8-4-10-20-13-17)21-24-15-16-6-2-1-3-7-16/h1-4,6-8,10,12-13,21H,5,9,11,14-15H2. The predicted octanol–water partition coefficient (Wildman–Crippen LogP) is 2.77. The van der Waals surface area contributed by atoms with Crippen LogP contribution in [0.25, 0.3) is 6.08 Å². The maximum absolute atomic E-state index is 11.9. The van der Waals surface area contributed by atoms with Crippen molar-refractivity contribution in [3.05, 3.63) is 71.7 Å². The van der Waals surface area contributed by atoms with Gasteiger partial charge in [-0.25, -0.2) is 0 Å². The lowest BCUT2D eigenvalue weighted by molar-refractivity contribution is -0.127. The Morgan fingerprint density at radius 1 is 1.25 bits per heavy atom. The molecule has 2 aromatic rings. The minimum Gasteiger partial charge on any atom is -0.337 e. The second kappa shape index (κ2) is 8.26. The predicted molar refractivity (Wildman–Crippen MR) is 92.4 cm³/mol. The molecule has 1 aliphatic heterocycles. The maximum Gasteiger partial charge on any atom is 0.222 e. The Bertz CT molecular complexity index is 686. The van der Waals surface area contributed by atoms with Gasteiger partial charge in [-0.15, -0.1) is 0 Å². The van der Waals surface area contributed by atoms with Crippen molar-refractivity contribution in [3.8, 4) is 0 Å². The van der Waals surface area contributed by atoms with Gasteiger partial charge >= 0.3 is 0 Å². The minimum absolute atomic E-state index is 0.192. The van der Waals surface area contributed by atoms with Gasteiger partial charge in [-0.2, -0.15) is 0 Å². The Morgan fingerprint density at radius 2 is 2.12 bits per heavy atom. The first-order valence-corrected chi connectivity index (χ1v) is 8.11. The molecule has 0 spiro atoms. The Hall–Kier alpha value is -2.66. The van der Waals surface area contributed by atoms with E-state index < -0.39 is 0 Å². The third-order valence-electron chi connectivity index (χ3n) is 3.84. The summed E-state index contributed by atoms with van der Waals surface area (Å²) in [5.74, 6) is 0.192. The van der Waals surface area contributed by atoms with Crippen LogP contribution in [0, 0.1) is 0 Å². The average molecular weight is 323 g/mol. The highest BCUT2D eigenvalue weighted by atomic mass is 16.6. The zero-order valence-corrected chi connectivity index (χ0v) is 13.5. The zero-order chi connectivity index (χ0) is 16.6. The highest BCUT2D eigenvalue weighted by Gasteiger charge is 2.21. The van der Waals surface area contributed by atoms with Crippen LogP contribution in [0.2, 0.25) is 0 Å². The fourth-order valence-electron chi connectivity index (χ4n) is 2.63. The number of amides is 1.